The van der Waals surface area contributed by atoms with Crippen LogP contribution >= 0.6 is 22.6 Å². The zero-order valence-electron chi connectivity index (χ0n) is 5.94. The van der Waals surface area contributed by atoms with E-state index in [4.69, 9.17) is 0 Å². The van der Waals surface area contributed by atoms with Crippen LogP contribution in [-0.2, 0) is 0 Å². The zero-order chi connectivity index (χ0) is 7.40. The van der Waals surface area contributed by atoms with Gasteiger partial charge in [-0.15, -0.1) is 0 Å². The highest BCUT2D eigenvalue weighted by Gasteiger charge is 2.02. The summed E-state index contributed by atoms with van der Waals surface area (Å²) in [5, 5.41) is 0. The van der Waals surface area contributed by atoms with Gasteiger partial charge < -0.3 is 0 Å². The Morgan fingerprint density at radius 1 is 1.70 bits per heavy atom. The smallest absolute Gasteiger partial charge is 0.0215 e. The van der Waals surface area contributed by atoms with E-state index >= 15 is 0 Å². The van der Waals surface area contributed by atoms with Gasteiger partial charge in [0.15, 0.2) is 0 Å². The van der Waals surface area contributed by atoms with Crippen LogP contribution in [0, 0.1) is 0 Å². The maximum absolute atomic E-state index is 3.77. The van der Waals surface area contributed by atoms with Crippen LogP contribution in [0.5, 0.6) is 0 Å². The van der Waals surface area contributed by atoms with Crippen LogP contribution in [0.1, 0.15) is 12.8 Å². The van der Waals surface area contributed by atoms with Crippen molar-refractivity contribution in [3.05, 3.63) is 36.0 Å². The Morgan fingerprint density at radius 2 is 2.50 bits per heavy atom. The van der Waals surface area contributed by atoms with Crippen molar-refractivity contribution in [2.75, 3.05) is 4.43 Å². The topological polar surface area (TPSA) is 0 Å². The third-order valence-corrected chi connectivity index (χ3v) is 2.62. The number of rotatable bonds is 2. The molecule has 0 saturated heterocycles. The maximum Gasteiger partial charge on any atom is 0.0215 e. The highest BCUT2D eigenvalue weighted by molar-refractivity contribution is 14.1. The molecule has 1 aliphatic rings. The molecular formula is C9H11I. The van der Waals surface area contributed by atoms with Crippen molar-refractivity contribution in [3.8, 4) is 0 Å². The highest BCUT2D eigenvalue weighted by atomic mass is 127. The van der Waals surface area contributed by atoms with Crippen LogP contribution < -0.4 is 0 Å². The van der Waals surface area contributed by atoms with E-state index in [0.717, 1.165) is 4.43 Å². The van der Waals surface area contributed by atoms with E-state index in [-0.39, 0.29) is 0 Å². The minimum absolute atomic E-state index is 1.14. The number of alkyl halides is 1. The Kier molecular flexibility index (Phi) is 3.19. The summed E-state index contributed by atoms with van der Waals surface area (Å²) in [4.78, 5) is 0. The third kappa shape index (κ3) is 1.72. The molecule has 1 aliphatic carbocycles. The molecule has 54 valence electrons. The first-order chi connectivity index (χ1) is 4.88. The summed E-state index contributed by atoms with van der Waals surface area (Å²) < 4.78 is 1.14. The standard InChI is InChI=1S/C9H11I/c1-2-8-5-3-4-6-9(8)7-10/h2-3,5H,1,4,6-7H2. The van der Waals surface area contributed by atoms with E-state index in [9.17, 15) is 0 Å². The van der Waals surface area contributed by atoms with Gasteiger partial charge in [0.2, 0.25) is 0 Å². The van der Waals surface area contributed by atoms with Gasteiger partial charge >= 0.3 is 0 Å². The van der Waals surface area contributed by atoms with Crippen molar-refractivity contribution in [1.82, 2.24) is 0 Å². The lowest BCUT2D eigenvalue weighted by molar-refractivity contribution is 0.958. The van der Waals surface area contributed by atoms with E-state index in [1.807, 2.05) is 6.08 Å². The lowest BCUT2D eigenvalue weighted by atomic mass is 9.99. The molecule has 0 aromatic carbocycles. The van der Waals surface area contributed by atoms with Crippen LogP contribution in [-0.4, -0.2) is 4.43 Å². The molecule has 0 aromatic rings. The second-order valence-electron chi connectivity index (χ2n) is 2.34. The molecule has 0 saturated carbocycles. The molecule has 0 aromatic heterocycles. The van der Waals surface area contributed by atoms with Gasteiger partial charge in [0.1, 0.15) is 0 Å². The van der Waals surface area contributed by atoms with Crippen molar-refractivity contribution >= 4 is 22.6 Å². The molecule has 1 rings (SSSR count). The number of hydrogen-bond acceptors (Lipinski definition) is 0. The van der Waals surface area contributed by atoms with Crippen LogP contribution in [0.15, 0.2) is 36.0 Å². The van der Waals surface area contributed by atoms with Gasteiger partial charge in [-0.1, -0.05) is 53.0 Å². The quantitative estimate of drug-likeness (QED) is 0.518. The van der Waals surface area contributed by atoms with Crippen LogP contribution in [0.25, 0.3) is 0 Å². The van der Waals surface area contributed by atoms with Gasteiger partial charge in [0.25, 0.3) is 0 Å². The SMILES string of the molecule is C=CC1=C(CI)CCC=C1. The predicted molar refractivity (Wildman–Crippen MR) is 54.5 cm³/mol. The number of halogens is 1. The fraction of sp³-hybridized carbons (Fsp3) is 0.333. The fourth-order valence-corrected chi connectivity index (χ4v) is 1.91. The second-order valence-corrected chi connectivity index (χ2v) is 3.10. The van der Waals surface area contributed by atoms with Crippen molar-refractivity contribution in [3.63, 3.8) is 0 Å². The first-order valence-electron chi connectivity index (χ1n) is 3.45. The average molecular weight is 246 g/mol. The van der Waals surface area contributed by atoms with Gasteiger partial charge in [-0.05, 0) is 18.4 Å². The Bertz CT molecular complexity index is 187. The summed E-state index contributed by atoms with van der Waals surface area (Å²) in [7, 11) is 0. The Morgan fingerprint density at radius 3 is 3.00 bits per heavy atom. The summed E-state index contributed by atoms with van der Waals surface area (Å²) in [6.07, 6.45) is 8.76. The van der Waals surface area contributed by atoms with Gasteiger partial charge in [-0.3, -0.25) is 0 Å². The minimum atomic E-state index is 1.14. The molecule has 0 aliphatic heterocycles. The van der Waals surface area contributed by atoms with E-state index in [1.54, 1.807) is 0 Å². The normalized spacial score (nSPS) is 17.7. The Balaban J connectivity index is 2.83. The number of allylic oxidation sites excluding steroid dienone is 5. The first-order valence-corrected chi connectivity index (χ1v) is 4.98. The summed E-state index contributed by atoms with van der Waals surface area (Å²) in [5.74, 6) is 0. The maximum atomic E-state index is 3.77. The molecule has 0 atom stereocenters. The number of hydrogen-bond donors (Lipinski definition) is 0. The van der Waals surface area contributed by atoms with Crippen molar-refractivity contribution < 1.29 is 0 Å². The summed E-state index contributed by atoms with van der Waals surface area (Å²) in [6.45, 7) is 3.77. The predicted octanol–water partition coefficient (Wildman–Crippen LogP) is 3.25. The molecule has 0 bridgehead atoms. The van der Waals surface area contributed by atoms with E-state index < -0.39 is 0 Å². The molecule has 0 amide bonds. The highest BCUT2D eigenvalue weighted by Crippen LogP contribution is 2.20. The van der Waals surface area contributed by atoms with Crippen LogP contribution in [0.2, 0.25) is 0 Å². The summed E-state index contributed by atoms with van der Waals surface area (Å²) in [6, 6.07) is 0. The van der Waals surface area contributed by atoms with Gasteiger partial charge in [-0.2, -0.15) is 0 Å². The Hall–Kier alpha value is -0.0500. The van der Waals surface area contributed by atoms with Crippen molar-refractivity contribution in [2.45, 2.75) is 12.8 Å². The summed E-state index contributed by atoms with van der Waals surface area (Å²) in [5.41, 5.74) is 2.87. The second kappa shape index (κ2) is 3.96. The third-order valence-electron chi connectivity index (χ3n) is 1.70. The molecule has 0 radical (unpaired) electrons. The fourth-order valence-electron chi connectivity index (χ4n) is 1.09. The lowest BCUT2D eigenvalue weighted by Gasteiger charge is -2.09. The molecule has 0 spiro atoms. The van der Waals surface area contributed by atoms with Crippen molar-refractivity contribution in [1.29, 1.82) is 0 Å². The van der Waals surface area contributed by atoms with E-state index in [1.165, 1.54) is 24.0 Å². The van der Waals surface area contributed by atoms with Gasteiger partial charge in [0, 0.05) is 4.43 Å². The molecular weight excluding hydrogens is 235 g/mol. The molecule has 0 fully saturated rings. The largest absolute Gasteiger partial charge is 0.0985 e. The van der Waals surface area contributed by atoms with E-state index in [0.29, 0.717) is 0 Å². The van der Waals surface area contributed by atoms with Gasteiger partial charge in [-0.25, -0.2) is 0 Å². The molecule has 0 nitrogen and oxygen atoms in total. The van der Waals surface area contributed by atoms with E-state index in [2.05, 4.69) is 41.3 Å². The molecule has 0 unspecified atom stereocenters. The molecule has 0 heterocycles. The first kappa shape index (κ1) is 8.05. The average Bonchev–Trinajstić information content (AvgIpc) is 2.04. The molecule has 0 N–H and O–H groups in total. The van der Waals surface area contributed by atoms with Crippen LogP contribution in [0.3, 0.4) is 0 Å². The Labute approximate surface area is 75.8 Å². The van der Waals surface area contributed by atoms with Crippen molar-refractivity contribution in [2.24, 2.45) is 0 Å². The van der Waals surface area contributed by atoms with Gasteiger partial charge in [0.05, 0.1) is 0 Å². The monoisotopic (exact) mass is 246 g/mol. The summed E-state index contributed by atoms with van der Waals surface area (Å²) >= 11 is 2.41. The zero-order valence-corrected chi connectivity index (χ0v) is 8.10. The minimum Gasteiger partial charge on any atom is -0.0985 e. The molecule has 1 heteroatoms. The molecule has 10 heavy (non-hydrogen) atoms. The van der Waals surface area contributed by atoms with Crippen LogP contribution in [0.4, 0.5) is 0 Å². The lowest BCUT2D eigenvalue weighted by Crippen LogP contribution is -1.93.